The van der Waals surface area contributed by atoms with Gasteiger partial charge < -0.3 is 0 Å². The first-order valence-electron chi connectivity index (χ1n) is 6.51. The van der Waals surface area contributed by atoms with E-state index in [0.717, 1.165) is 6.07 Å². The summed E-state index contributed by atoms with van der Waals surface area (Å²) in [6.07, 6.45) is 0.126. The molecule has 21 heavy (non-hydrogen) atoms. The van der Waals surface area contributed by atoms with Gasteiger partial charge in [-0.05, 0) is 12.0 Å². The molecule has 0 aliphatic heterocycles. The van der Waals surface area contributed by atoms with E-state index in [1.165, 1.54) is 12.1 Å². The van der Waals surface area contributed by atoms with Gasteiger partial charge in [0.05, 0.1) is 4.92 Å². The fourth-order valence-corrected chi connectivity index (χ4v) is 2.17. The molecule has 0 radical (unpaired) electrons. The Balaban J connectivity index is 2.20. The Kier molecular flexibility index (Phi) is 4.42. The minimum absolute atomic E-state index is 0.110. The van der Waals surface area contributed by atoms with Crippen molar-refractivity contribution in [2.75, 3.05) is 0 Å². The summed E-state index contributed by atoms with van der Waals surface area (Å²) in [7, 11) is 0. The maximum atomic E-state index is 14.0. The number of Topliss-reactive ketones (excluding diaryl/α,β-unsaturated/α-hetero) is 1. The van der Waals surface area contributed by atoms with Crippen molar-refractivity contribution in [2.45, 2.75) is 13.3 Å². The molecule has 0 spiro atoms. The molecule has 0 amide bonds. The molecule has 2 aromatic rings. The van der Waals surface area contributed by atoms with E-state index in [9.17, 15) is 19.3 Å². The fourth-order valence-electron chi connectivity index (χ4n) is 2.17. The number of ketones is 1. The van der Waals surface area contributed by atoms with Gasteiger partial charge in [0.15, 0.2) is 5.78 Å². The first-order valence-corrected chi connectivity index (χ1v) is 6.51. The van der Waals surface area contributed by atoms with E-state index in [0.29, 0.717) is 5.56 Å². The standard InChI is InChI=1S/C16H14FNO3/c1-11(16(19)12-6-3-2-4-7-12)10-13-8-5-9-14(15(13)17)18(20)21/h2-9,11H,10H2,1H3. The van der Waals surface area contributed by atoms with Crippen LogP contribution in [0.25, 0.3) is 0 Å². The first kappa shape index (κ1) is 14.8. The van der Waals surface area contributed by atoms with Gasteiger partial charge in [-0.3, -0.25) is 14.9 Å². The summed E-state index contributed by atoms with van der Waals surface area (Å²) in [4.78, 5) is 22.2. The molecule has 0 heterocycles. The van der Waals surface area contributed by atoms with Crippen LogP contribution in [-0.2, 0) is 6.42 Å². The summed E-state index contributed by atoms with van der Waals surface area (Å²) in [5.74, 6) is -1.43. The lowest BCUT2D eigenvalue weighted by atomic mass is 9.92. The second-order valence-electron chi connectivity index (χ2n) is 4.84. The topological polar surface area (TPSA) is 60.2 Å². The number of rotatable bonds is 5. The second kappa shape index (κ2) is 6.26. The second-order valence-corrected chi connectivity index (χ2v) is 4.84. The molecule has 108 valence electrons. The Hall–Kier alpha value is -2.56. The van der Waals surface area contributed by atoms with Crippen molar-refractivity contribution in [2.24, 2.45) is 5.92 Å². The van der Waals surface area contributed by atoms with Crippen molar-refractivity contribution in [3.8, 4) is 0 Å². The minimum Gasteiger partial charge on any atom is -0.294 e. The highest BCUT2D eigenvalue weighted by molar-refractivity contribution is 5.97. The summed E-state index contributed by atoms with van der Waals surface area (Å²) in [6.45, 7) is 1.69. The molecule has 0 fully saturated rings. The Morgan fingerprint density at radius 3 is 2.48 bits per heavy atom. The molecule has 0 aliphatic rings. The SMILES string of the molecule is CC(Cc1cccc([N+](=O)[O-])c1F)C(=O)c1ccccc1. The third-order valence-corrected chi connectivity index (χ3v) is 3.29. The molecule has 0 N–H and O–H groups in total. The Labute approximate surface area is 121 Å². The van der Waals surface area contributed by atoms with Crippen molar-refractivity contribution in [3.05, 3.63) is 75.6 Å². The third kappa shape index (κ3) is 3.31. The third-order valence-electron chi connectivity index (χ3n) is 3.29. The van der Waals surface area contributed by atoms with E-state index in [1.54, 1.807) is 31.2 Å². The lowest BCUT2D eigenvalue weighted by molar-refractivity contribution is -0.387. The van der Waals surface area contributed by atoms with Gasteiger partial charge in [-0.15, -0.1) is 0 Å². The molecule has 4 nitrogen and oxygen atoms in total. The monoisotopic (exact) mass is 287 g/mol. The van der Waals surface area contributed by atoms with Gasteiger partial charge in [-0.25, -0.2) is 0 Å². The lowest BCUT2D eigenvalue weighted by Crippen LogP contribution is -2.15. The molecule has 0 aliphatic carbocycles. The van der Waals surface area contributed by atoms with E-state index in [-0.39, 0.29) is 17.8 Å². The van der Waals surface area contributed by atoms with E-state index in [2.05, 4.69) is 0 Å². The van der Waals surface area contributed by atoms with Gasteiger partial charge in [0.2, 0.25) is 5.82 Å². The number of nitro benzene ring substituents is 1. The highest BCUT2D eigenvalue weighted by Gasteiger charge is 2.21. The van der Waals surface area contributed by atoms with Crippen molar-refractivity contribution in [1.29, 1.82) is 0 Å². The van der Waals surface area contributed by atoms with Crippen LogP contribution in [0.2, 0.25) is 0 Å². The lowest BCUT2D eigenvalue weighted by Gasteiger charge is -2.11. The van der Waals surface area contributed by atoms with Gasteiger partial charge >= 0.3 is 5.69 Å². The Bertz CT molecular complexity index is 670. The predicted octanol–water partition coefficient (Wildman–Crippen LogP) is 3.80. The molecule has 1 unspecified atom stereocenters. The predicted molar refractivity (Wildman–Crippen MR) is 76.7 cm³/mol. The number of halogens is 1. The quantitative estimate of drug-likeness (QED) is 0.477. The smallest absolute Gasteiger partial charge is 0.294 e. The van der Waals surface area contributed by atoms with Gasteiger partial charge in [0.25, 0.3) is 0 Å². The normalized spacial score (nSPS) is 11.9. The molecule has 2 rings (SSSR count). The van der Waals surface area contributed by atoms with Crippen LogP contribution in [0.5, 0.6) is 0 Å². The average molecular weight is 287 g/mol. The van der Waals surface area contributed by atoms with Crippen molar-refractivity contribution in [3.63, 3.8) is 0 Å². The summed E-state index contributed by atoms with van der Waals surface area (Å²) in [6, 6.07) is 12.7. The van der Waals surface area contributed by atoms with Gasteiger partial charge in [0, 0.05) is 17.5 Å². The maximum Gasteiger partial charge on any atom is 0.305 e. The fraction of sp³-hybridized carbons (Fsp3) is 0.188. The first-order chi connectivity index (χ1) is 10.0. The van der Waals surface area contributed by atoms with Crippen molar-refractivity contribution < 1.29 is 14.1 Å². The zero-order chi connectivity index (χ0) is 15.4. The molecule has 0 bridgehead atoms. The van der Waals surface area contributed by atoms with E-state index >= 15 is 0 Å². The molecular weight excluding hydrogens is 273 g/mol. The number of carbonyl (C=O) groups is 1. The van der Waals surface area contributed by atoms with E-state index in [4.69, 9.17) is 0 Å². The van der Waals surface area contributed by atoms with Gasteiger partial charge in [0.1, 0.15) is 0 Å². The summed E-state index contributed by atoms with van der Waals surface area (Å²) >= 11 is 0. The largest absolute Gasteiger partial charge is 0.305 e. The number of carbonyl (C=O) groups excluding carboxylic acids is 1. The van der Waals surface area contributed by atoms with Crippen LogP contribution in [0, 0.1) is 21.8 Å². The molecule has 2 aromatic carbocycles. The van der Waals surface area contributed by atoms with Crippen molar-refractivity contribution in [1.82, 2.24) is 0 Å². The maximum absolute atomic E-state index is 14.0. The molecular formula is C16H14FNO3. The molecule has 0 saturated carbocycles. The van der Waals surface area contributed by atoms with Crippen molar-refractivity contribution >= 4 is 11.5 Å². The van der Waals surface area contributed by atoms with Gasteiger partial charge in [-0.2, -0.15) is 4.39 Å². The van der Waals surface area contributed by atoms with Crippen LogP contribution in [0.1, 0.15) is 22.8 Å². The zero-order valence-corrected chi connectivity index (χ0v) is 11.5. The zero-order valence-electron chi connectivity index (χ0n) is 11.5. The van der Waals surface area contributed by atoms with Crippen LogP contribution in [0.3, 0.4) is 0 Å². The molecule has 0 saturated heterocycles. The minimum atomic E-state index is -0.866. The Morgan fingerprint density at radius 1 is 1.19 bits per heavy atom. The number of hydrogen-bond acceptors (Lipinski definition) is 3. The highest BCUT2D eigenvalue weighted by Crippen LogP contribution is 2.23. The summed E-state index contributed by atoms with van der Waals surface area (Å²) in [5.41, 5.74) is 0.170. The highest BCUT2D eigenvalue weighted by atomic mass is 19.1. The summed E-state index contributed by atoms with van der Waals surface area (Å²) in [5, 5.41) is 10.7. The van der Waals surface area contributed by atoms with Crippen LogP contribution in [-0.4, -0.2) is 10.7 Å². The van der Waals surface area contributed by atoms with Gasteiger partial charge in [-0.1, -0.05) is 49.4 Å². The Morgan fingerprint density at radius 2 is 1.86 bits per heavy atom. The number of nitrogens with zero attached hydrogens (tertiary/aromatic N) is 1. The number of hydrogen-bond donors (Lipinski definition) is 0. The van der Waals surface area contributed by atoms with E-state index in [1.807, 2.05) is 6.07 Å². The van der Waals surface area contributed by atoms with Crippen LogP contribution < -0.4 is 0 Å². The van der Waals surface area contributed by atoms with Crippen LogP contribution in [0.4, 0.5) is 10.1 Å². The molecule has 1 atom stereocenters. The average Bonchev–Trinajstić information content (AvgIpc) is 2.49. The van der Waals surface area contributed by atoms with Crippen LogP contribution >= 0.6 is 0 Å². The number of nitro groups is 1. The molecule has 5 heteroatoms. The van der Waals surface area contributed by atoms with E-state index < -0.39 is 22.3 Å². The number of benzene rings is 2. The summed E-state index contributed by atoms with van der Waals surface area (Å²) < 4.78 is 14.0. The molecule has 0 aromatic heterocycles. The van der Waals surface area contributed by atoms with Crippen LogP contribution in [0.15, 0.2) is 48.5 Å².